The van der Waals surface area contributed by atoms with E-state index in [0.29, 0.717) is 0 Å². The summed E-state index contributed by atoms with van der Waals surface area (Å²) >= 11 is 5.18. The van der Waals surface area contributed by atoms with Gasteiger partial charge >= 0.3 is 6.03 Å². The van der Waals surface area contributed by atoms with Crippen LogP contribution in [0, 0.1) is 0 Å². The number of rotatable bonds is 3. The number of urea groups is 1. The fourth-order valence-electron chi connectivity index (χ4n) is 2.16. The van der Waals surface area contributed by atoms with Crippen LogP contribution in [0.3, 0.4) is 0 Å². The highest BCUT2D eigenvalue weighted by Crippen LogP contribution is 2.22. The average molecular weight is 331 g/mol. The molecule has 5 heteroatoms. The molecule has 1 saturated heterocycles. The molecule has 0 saturated carbocycles. The van der Waals surface area contributed by atoms with Crippen LogP contribution in [0.4, 0.5) is 4.79 Å². The van der Waals surface area contributed by atoms with Crippen LogP contribution < -0.4 is 5.32 Å². The van der Waals surface area contributed by atoms with Gasteiger partial charge in [0.05, 0.1) is 3.79 Å². The van der Waals surface area contributed by atoms with E-state index in [1.54, 1.807) is 11.3 Å². The lowest BCUT2D eigenvalue weighted by Gasteiger charge is -2.20. The highest BCUT2D eigenvalue weighted by Gasteiger charge is 2.14. The first kappa shape index (κ1) is 13.9. The van der Waals surface area contributed by atoms with Crippen LogP contribution >= 0.6 is 27.3 Å². The fraction of sp³-hybridized carbons (Fsp3) is 0.615. The van der Waals surface area contributed by atoms with Crippen molar-refractivity contribution in [3.63, 3.8) is 0 Å². The third kappa shape index (κ3) is 4.28. The molecule has 3 nitrogen and oxygen atoms in total. The smallest absolute Gasteiger partial charge is 0.317 e. The van der Waals surface area contributed by atoms with Crippen molar-refractivity contribution in [2.75, 3.05) is 19.6 Å². The Balaban J connectivity index is 1.70. The minimum Gasteiger partial charge on any atom is -0.338 e. The van der Waals surface area contributed by atoms with Crippen LogP contribution in [0.25, 0.3) is 0 Å². The van der Waals surface area contributed by atoms with Gasteiger partial charge in [0.15, 0.2) is 0 Å². The van der Waals surface area contributed by atoms with Crippen LogP contribution in [0.15, 0.2) is 15.9 Å². The molecule has 1 aliphatic heterocycles. The number of likely N-dealkylation sites (tertiary alicyclic amines) is 1. The molecule has 1 aliphatic rings. The predicted molar refractivity (Wildman–Crippen MR) is 79.2 cm³/mol. The summed E-state index contributed by atoms with van der Waals surface area (Å²) in [7, 11) is 0. The lowest BCUT2D eigenvalue weighted by molar-refractivity contribution is 0.200. The molecule has 0 radical (unpaired) electrons. The van der Waals surface area contributed by atoms with Crippen molar-refractivity contribution in [3.05, 3.63) is 20.8 Å². The minimum atomic E-state index is 0.104. The number of hydrogen-bond acceptors (Lipinski definition) is 2. The van der Waals surface area contributed by atoms with Gasteiger partial charge in [-0.05, 0) is 47.3 Å². The number of nitrogens with one attached hydrogen (secondary N) is 1. The summed E-state index contributed by atoms with van der Waals surface area (Å²) < 4.78 is 1.15. The Bertz CT molecular complexity index is 386. The van der Waals surface area contributed by atoms with Crippen molar-refractivity contribution in [1.82, 2.24) is 10.2 Å². The van der Waals surface area contributed by atoms with Crippen LogP contribution in [0.2, 0.25) is 0 Å². The highest BCUT2D eigenvalue weighted by atomic mass is 79.9. The standard InChI is InChI=1S/C13H19BrN2OS/c14-12-6-5-11(18-12)7-8-15-13(17)16-9-3-1-2-4-10-16/h5-6H,1-4,7-10H2,(H,15,17). The molecule has 18 heavy (non-hydrogen) atoms. The third-order valence-electron chi connectivity index (χ3n) is 3.17. The third-order valence-corrected chi connectivity index (χ3v) is 4.85. The molecular formula is C13H19BrN2OS. The number of carbonyl (C=O) groups is 1. The fourth-order valence-corrected chi connectivity index (χ4v) is 3.65. The minimum absolute atomic E-state index is 0.104. The first-order valence-electron chi connectivity index (χ1n) is 6.53. The molecule has 0 bridgehead atoms. The average Bonchev–Trinajstić information content (AvgIpc) is 2.63. The van der Waals surface area contributed by atoms with Crippen molar-refractivity contribution in [1.29, 1.82) is 0 Å². The van der Waals surface area contributed by atoms with E-state index in [9.17, 15) is 4.79 Å². The molecule has 0 spiro atoms. The summed E-state index contributed by atoms with van der Waals surface area (Å²) in [6, 6.07) is 4.26. The van der Waals surface area contributed by atoms with Crippen molar-refractivity contribution in [2.45, 2.75) is 32.1 Å². The maximum atomic E-state index is 12.0. The molecule has 1 N–H and O–H groups in total. The van der Waals surface area contributed by atoms with Crippen LogP contribution in [0.1, 0.15) is 30.6 Å². The molecule has 1 aromatic heterocycles. The van der Waals surface area contributed by atoms with E-state index in [4.69, 9.17) is 0 Å². The van der Waals surface area contributed by atoms with Crippen LogP contribution in [-0.4, -0.2) is 30.6 Å². The van der Waals surface area contributed by atoms with E-state index in [0.717, 1.165) is 42.7 Å². The van der Waals surface area contributed by atoms with Gasteiger partial charge in [-0.25, -0.2) is 4.79 Å². The summed E-state index contributed by atoms with van der Waals surface area (Å²) in [5, 5.41) is 3.02. The van der Waals surface area contributed by atoms with Crippen LogP contribution in [0.5, 0.6) is 0 Å². The molecule has 0 aliphatic carbocycles. The van der Waals surface area contributed by atoms with Gasteiger partial charge < -0.3 is 10.2 Å². The number of hydrogen-bond donors (Lipinski definition) is 1. The van der Waals surface area contributed by atoms with Gasteiger partial charge in [0.1, 0.15) is 0 Å². The van der Waals surface area contributed by atoms with Gasteiger partial charge in [0.25, 0.3) is 0 Å². The Morgan fingerprint density at radius 1 is 1.28 bits per heavy atom. The van der Waals surface area contributed by atoms with Gasteiger partial charge in [-0.2, -0.15) is 0 Å². The molecule has 0 aromatic carbocycles. The zero-order valence-corrected chi connectivity index (χ0v) is 12.9. The molecule has 2 heterocycles. The molecular weight excluding hydrogens is 312 g/mol. The van der Waals surface area contributed by atoms with Crippen molar-refractivity contribution < 1.29 is 4.79 Å². The first-order valence-corrected chi connectivity index (χ1v) is 8.13. The lowest BCUT2D eigenvalue weighted by Crippen LogP contribution is -2.41. The quantitative estimate of drug-likeness (QED) is 0.901. The maximum Gasteiger partial charge on any atom is 0.317 e. The summed E-state index contributed by atoms with van der Waals surface area (Å²) in [5.74, 6) is 0. The highest BCUT2D eigenvalue weighted by molar-refractivity contribution is 9.11. The van der Waals surface area contributed by atoms with E-state index < -0.39 is 0 Å². The summed E-state index contributed by atoms with van der Waals surface area (Å²) in [5.41, 5.74) is 0. The predicted octanol–water partition coefficient (Wildman–Crippen LogP) is 3.64. The van der Waals surface area contributed by atoms with Crippen molar-refractivity contribution >= 4 is 33.3 Å². The first-order chi connectivity index (χ1) is 8.75. The maximum absolute atomic E-state index is 12.0. The number of halogens is 1. The number of carbonyl (C=O) groups excluding carboxylic acids is 1. The Hall–Kier alpha value is -0.550. The van der Waals surface area contributed by atoms with Gasteiger partial charge in [0, 0.05) is 24.5 Å². The lowest BCUT2D eigenvalue weighted by atomic mass is 10.2. The Morgan fingerprint density at radius 3 is 2.61 bits per heavy atom. The second-order valence-electron chi connectivity index (χ2n) is 4.59. The largest absolute Gasteiger partial charge is 0.338 e. The topological polar surface area (TPSA) is 32.3 Å². The summed E-state index contributed by atoms with van der Waals surface area (Å²) in [4.78, 5) is 15.2. The Labute approximate surface area is 121 Å². The van der Waals surface area contributed by atoms with Gasteiger partial charge in [0.2, 0.25) is 0 Å². The van der Waals surface area contributed by atoms with Crippen LogP contribution in [-0.2, 0) is 6.42 Å². The van der Waals surface area contributed by atoms with E-state index in [-0.39, 0.29) is 6.03 Å². The SMILES string of the molecule is O=C(NCCc1ccc(Br)s1)N1CCCCCC1. The molecule has 100 valence electrons. The van der Waals surface area contributed by atoms with Crippen molar-refractivity contribution in [2.24, 2.45) is 0 Å². The monoisotopic (exact) mass is 330 g/mol. The molecule has 1 fully saturated rings. The normalized spacial score (nSPS) is 16.4. The molecule has 1 aromatic rings. The number of thiophene rings is 1. The molecule has 2 rings (SSSR count). The van der Waals surface area contributed by atoms with E-state index in [2.05, 4.69) is 33.4 Å². The van der Waals surface area contributed by atoms with E-state index in [1.165, 1.54) is 17.7 Å². The second-order valence-corrected chi connectivity index (χ2v) is 7.14. The summed E-state index contributed by atoms with van der Waals surface area (Å²) in [6.07, 6.45) is 5.71. The van der Waals surface area contributed by atoms with Gasteiger partial charge in [-0.15, -0.1) is 11.3 Å². The van der Waals surface area contributed by atoms with Gasteiger partial charge in [-0.3, -0.25) is 0 Å². The number of nitrogens with zero attached hydrogens (tertiary/aromatic N) is 1. The second kappa shape index (κ2) is 7.14. The number of amides is 2. The van der Waals surface area contributed by atoms with E-state index >= 15 is 0 Å². The molecule has 2 amide bonds. The van der Waals surface area contributed by atoms with Crippen molar-refractivity contribution in [3.8, 4) is 0 Å². The Kier molecular flexibility index (Phi) is 5.50. The zero-order chi connectivity index (χ0) is 12.8. The Morgan fingerprint density at radius 2 is 2.00 bits per heavy atom. The zero-order valence-electron chi connectivity index (χ0n) is 10.5. The molecule has 0 unspecified atom stereocenters. The molecule has 0 atom stereocenters. The van der Waals surface area contributed by atoms with E-state index in [1.807, 2.05) is 4.90 Å². The van der Waals surface area contributed by atoms with Gasteiger partial charge in [-0.1, -0.05) is 12.8 Å². The summed E-state index contributed by atoms with van der Waals surface area (Å²) in [6.45, 7) is 2.55.